The number of alkyl halides is 3. The standard InChI is InChI=1S/C29H31F3N6O4/c1-16-11-21(23(41-4)12-19(16)25(39)34-18-8-6-10-37(2)15-18)35-28-33-13-20(29(30,31)32)26(36-28)42-22-9-5-7-17-14-38(3)27(40)24(17)22/h5,7,9,11-13,18H,6,8,10,14-15H2,1-4H3,(H,34,39)(H,33,35,36). The second-order valence-electron chi connectivity index (χ2n) is 10.5. The van der Waals surface area contributed by atoms with Gasteiger partial charge in [-0.3, -0.25) is 9.59 Å². The zero-order valence-electron chi connectivity index (χ0n) is 23.6. The second-order valence-corrected chi connectivity index (χ2v) is 10.5. The Morgan fingerprint density at radius 1 is 1.17 bits per heavy atom. The summed E-state index contributed by atoms with van der Waals surface area (Å²) in [5.41, 5.74) is 0.995. The molecule has 222 valence electrons. The fourth-order valence-electron chi connectivity index (χ4n) is 5.22. The molecule has 1 saturated heterocycles. The summed E-state index contributed by atoms with van der Waals surface area (Å²) in [6.07, 6.45) is -2.32. The van der Waals surface area contributed by atoms with Crippen molar-refractivity contribution in [1.82, 2.24) is 25.1 Å². The number of hydrogen-bond acceptors (Lipinski definition) is 8. The number of aromatic nitrogens is 2. The highest BCUT2D eigenvalue weighted by atomic mass is 19.4. The molecular formula is C29H31F3N6O4. The molecule has 3 aromatic rings. The van der Waals surface area contributed by atoms with Crippen LogP contribution in [-0.4, -0.2) is 71.9 Å². The van der Waals surface area contributed by atoms with Crippen LogP contribution in [0.5, 0.6) is 17.4 Å². The smallest absolute Gasteiger partial charge is 0.423 e. The number of likely N-dealkylation sites (tertiary alicyclic amines) is 1. The number of fused-ring (bicyclic) bond motifs is 1. The molecular weight excluding hydrogens is 553 g/mol. The summed E-state index contributed by atoms with van der Waals surface area (Å²) < 4.78 is 52.8. The van der Waals surface area contributed by atoms with E-state index in [0.717, 1.165) is 25.9 Å². The molecule has 0 saturated carbocycles. The van der Waals surface area contributed by atoms with Gasteiger partial charge < -0.3 is 29.9 Å². The molecule has 2 aliphatic heterocycles. The van der Waals surface area contributed by atoms with Gasteiger partial charge in [-0.25, -0.2) is 4.98 Å². The lowest BCUT2D eigenvalue weighted by Crippen LogP contribution is -2.46. The zero-order chi connectivity index (χ0) is 30.2. The fraction of sp³-hybridized carbons (Fsp3) is 0.379. The predicted molar refractivity (Wildman–Crippen MR) is 148 cm³/mol. The number of hydrogen-bond donors (Lipinski definition) is 2. The number of methoxy groups -OCH3 is 1. The van der Waals surface area contributed by atoms with Gasteiger partial charge in [0.15, 0.2) is 0 Å². The molecule has 10 nitrogen and oxygen atoms in total. The zero-order valence-corrected chi connectivity index (χ0v) is 23.6. The average molecular weight is 585 g/mol. The minimum absolute atomic E-state index is 0.0277. The molecule has 13 heteroatoms. The highest BCUT2D eigenvalue weighted by Gasteiger charge is 2.37. The first kappa shape index (κ1) is 29.1. The normalized spacial score (nSPS) is 17.2. The van der Waals surface area contributed by atoms with Crippen molar-refractivity contribution in [3.63, 3.8) is 0 Å². The molecule has 2 N–H and O–H groups in total. The van der Waals surface area contributed by atoms with Crippen LogP contribution in [0.4, 0.5) is 24.8 Å². The minimum Gasteiger partial charge on any atom is -0.495 e. The van der Waals surface area contributed by atoms with Crippen LogP contribution in [0, 0.1) is 6.92 Å². The van der Waals surface area contributed by atoms with Gasteiger partial charge in [-0.2, -0.15) is 18.2 Å². The van der Waals surface area contributed by atoms with Crippen molar-refractivity contribution in [2.45, 2.75) is 38.5 Å². The van der Waals surface area contributed by atoms with Crippen molar-refractivity contribution in [3.8, 4) is 17.4 Å². The summed E-state index contributed by atoms with van der Waals surface area (Å²) >= 11 is 0. The van der Waals surface area contributed by atoms with E-state index in [-0.39, 0.29) is 40.9 Å². The molecule has 3 heterocycles. The molecule has 2 amide bonds. The van der Waals surface area contributed by atoms with Gasteiger partial charge in [0.2, 0.25) is 11.8 Å². The third-order valence-corrected chi connectivity index (χ3v) is 7.34. The van der Waals surface area contributed by atoms with Crippen LogP contribution in [0.1, 0.15) is 50.2 Å². The van der Waals surface area contributed by atoms with Crippen LogP contribution >= 0.6 is 0 Å². The van der Waals surface area contributed by atoms with Gasteiger partial charge >= 0.3 is 6.18 Å². The van der Waals surface area contributed by atoms with E-state index in [1.54, 1.807) is 38.2 Å². The van der Waals surface area contributed by atoms with E-state index in [1.165, 1.54) is 18.1 Å². The van der Waals surface area contributed by atoms with Crippen LogP contribution in [0.15, 0.2) is 36.5 Å². The fourth-order valence-corrected chi connectivity index (χ4v) is 5.22. The molecule has 1 atom stereocenters. The number of benzene rings is 2. The van der Waals surface area contributed by atoms with Crippen LogP contribution in [-0.2, 0) is 12.7 Å². The van der Waals surface area contributed by atoms with Gasteiger partial charge in [-0.05, 0) is 62.7 Å². The number of nitrogens with zero attached hydrogens (tertiary/aromatic N) is 4. The number of nitrogens with one attached hydrogen (secondary N) is 2. The van der Waals surface area contributed by atoms with Gasteiger partial charge in [0.05, 0.1) is 18.4 Å². The Labute approximate surface area is 240 Å². The van der Waals surface area contributed by atoms with Crippen molar-refractivity contribution in [3.05, 3.63) is 64.3 Å². The number of carbonyl (C=O) groups excluding carboxylic acids is 2. The number of halogens is 3. The average Bonchev–Trinajstić information content (AvgIpc) is 3.22. The first-order valence-corrected chi connectivity index (χ1v) is 13.4. The quantitative estimate of drug-likeness (QED) is 0.410. The van der Waals surface area contributed by atoms with Gasteiger partial charge in [0.25, 0.3) is 11.8 Å². The van der Waals surface area contributed by atoms with E-state index >= 15 is 0 Å². The first-order valence-electron chi connectivity index (χ1n) is 13.4. The number of anilines is 2. The molecule has 1 fully saturated rings. The summed E-state index contributed by atoms with van der Waals surface area (Å²) in [5, 5.41) is 5.95. The summed E-state index contributed by atoms with van der Waals surface area (Å²) in [6.45, 7) is 3.81. The Kier molecular flexibility index (Phi) is 7.95. The van der Waals surface area contributed by atoms with Crippen LogP contribution < -0.4 is 20.1 Å². The number of piperidine rings is 1. The maximum Gasteiger partial charge on any atom is 0.423 e. The number of likely N-dealkylation sites (N-methyl/N-ethyl adjacent to an activating group) is 1. The minimum atomic E-state index is -4.82. The van der Waals surface area contributed by atoms with Crippen molar-refractivity contribution in [2.24, 2.45) is 0 Å². The molecule has 0 bridgehead atoms. The number of carbonyl (C=O) groups is 2. The van der Waals surface area contributed by atoms with Crippen molar-refractivity contribution < 1.29 is 32.2 Å². The topological polar surface area (TPSA) is 109 Å². The third kappa shape index (κ3) is 5.96. The molecule has 42 heavy (non-hydrogen) atoms. The molecule has 2 aliphatic rings. The van der Waals surface area contributed by atoms with Gasteiger partial charge in [-0.1, -0.05) is 12.1 Å². The Hall–Kier alpha value is -4.39. The van der Waals surface area contributed by atoms with Crippen molar-refractivity contribution in [2.75, 3.05) is 39.6 Å². The Bertz CT molecular complexity index is 1530. The third-order valence-electron chi connectivity index (χ3n) is 7.34. The first-order chi connectivity index (χ1) is 19.9. The lowest BCUT2D eigenvalue weighted by atomic mass is 10.0. The van der Waals surface area contributed by atoms with E-state index in [4.69, 9.17) is 9.47 Å². The van der Waals surface area contributed by atoms with Crippen molar-refractivity contribution in [1.29, 1.82) is 0 Å². The molecule has 2 aromatic carbocycles. The highest BCUT2D eigenvalue weighted by molar-refractivity contribution is 6.01. The Morgan fingerprint density at radius 2 is 1.95 bits per heavy atom. The van der Waals surface area contributed by atoms with E-state index in [1.807, 2.05) is 7.05 Å². The molecule has 0 aliphatic carbocycles. The Morgan fingerprint density at radius 3 is 2.67 bits per heavy atom. The van der Waals surface area contributed by atoms with Crippen LogP contribution in [0.3, 0.4) is 0 Å². The van der Waals surface area contributed by atoms with Crippen LogP contribution in [0.25, 0.3) is 0 Å². The lowest BCUT2D eigenvalue weighted by Gasteiger charge is -2.30. The molecule has 1 aromatic heterocycles. The number of rotatable bonds is 7. The maximum atomic E-state index is 13.9. The van der Waals surface area contributed by atoms with E-state index in [9.17, 15) is 22.8 Å². The molecule has 1 unspecified atom stereocenters. The number of aryl methyl sites for hydroxylation is 1. The Balaban J connectivity index is 1.43. The highest BCUT2D eigenvalue weighted by Crippen LogP contribution is 2.40. The summed E-state index contributed by atoms with van der Waals surface area (Å²) in [7, 11) is 5.02. The largest absolute Gasteiger partial charge is 0.495 e. The van der Waals surface area contributed by atoms with Crippen molar-refractivity contribution >= 4 is 23.5 Å². The molecule has 0 spiro atoms. The summed E-state index contributed by atoms with van der Waals surface area (Å²) in [5.74, 6) is -1.33. The second kappa shape index (κ2) is 11.5. The number of amides is 2. The predicted octanol–water partition coefficient (Wildman–Crippen LogP) is 4.76. The number of ether oxygens (including phenoxy) is 2. The van der Waals surface area contributed by atoms with E-state index < -0.39 is 17.6 Å². The lowest BCUT2D eigenvalue weighted by molar-refractivity contribution is -0.139. The van der Waals surface area contributed by atoms with Crippen LogP contribution in [0.2, 0.25) is 0 Å². The summed E-state index contributed by atoms with van der Waals surface area (Å²) in [6, 6.07) is 7.98. The maximum absolute atomic E-state index is 13.9. The van der Waals surface area contributed by atoms with Gasteiger partial charge in [-0.15, -0.1) is 0 Å². The SMILES string of the molecule is COc1cc(C(=O)NC2CCCN(C)C2)c(C)cc1Nc1ncc(C(F)(F)F)c(Oc2cccc3c2C(=O)N(C)C3)n1. The molecule has 5 rings (SSSR count). The van der Waals surface area contributed by atoms with Gasteiger partial charge in [0, 0.05) is 37.9 Å². The van der Waals surface area contributed by atoms with Gasteiger partial charge in [0.1, 0.15) is 17.1 Å². The monoisotopic (exact) mass is 584 g/mol. The summed E-state index contributed by atoms with van der Waals surface area (Å²) in [4.78, 5) is 37.2. The van der Waals surface area contributed by atoms with E-state index in [0.29, 0.717) is 35.1 Å². The molecule has 0 radical (unpaired) electrons. The van der Waals surface area contributed by atoms with E-state index in [2.05, 4.69) is 25.5 Å².